The molecule has 0 amide bonds. The Hall–Kier alpha value is -5.61. The molecule has 1 aliphatic heterocycles. The van der Waals surface area contributed by atoms with Crippen LogP contribution in [0, 0.1) is 0 Å². The monoisotopic (exact) mass is 524 g/mol. The minimum absolute atomic E-state index is 0.941. The van der Waals surface area contributed by atoms with Crippen molar-refractivity contribution in [2.75, 3.05) is 4.90 Å². The highest BCUT2D eigenvalue weighted by atomic mass is 15.2. The molecule has 4 nitrogen and oxygen atoms in total. The minimum Gasteiger partial charge on any atom is -0.309 e. The van der Waals surface area contributed by atoms with E-state index in [-0.39, 0.29) is 0 Å². The molecule has 0 saturated heterocycles. The first kappa shape index (κ1) is 23.3. The van der Waals surface area contributed by atoms with E-state index in [4.69, 9.17) is 9.97 Å². The van der Waals surface area contributed by atoms with Crippen LogP contribution in [0.4, 0.5) is 17.1 Å². The standard InChI is InChI=1S/C37H24N4/c1-2-10-28-24-40-34(22-25(28)9-1)27-17-18-30-31-14-8-20-39-37(31)32-13-3-4-16-35(32)41(36(30)23-27)29-12-7-11-26(21-29)33-15-5-6-19-38-33/h1-24H. The van der Waals surface area contributed by atoms with Crippen molar-refractivity contribution in [2.24, 2.45) is 0 Å². The number of hydrogen-bond donors (Lipinski definition) is 0. The van der Waals surface area contributed by atoms with E-state index in [1.165, 1.54) is 5.39 Å². The second-order valence-electron chi connectivity index (χ2n) is 10.2. The molecule has 0 N–H and O–H groups in total. The molecule has 0 spiro atoms. The zero-order chi connectivity index (χ0) is 27.2. The predicted molar refractivity (Wildman–Crippen MR) is 167 cm³/mol. The Labute approximate surface area is 238 Å². The minimum atomic E-state index is 0.941. The van der Waals surface area contributed by atoms with Crippen molar-refractivity contribution in [1.29, 1.82) is 0 Å². The van der Waals surface area contributed by atoms with Gasteiger partial charge in [0.15, 0.2) is 0 Å². The molecule has 192 valence electrons. The second kappa shape index (κ2) is 9.54. The van der Waals surface area contributed by atoms with Crippen molar-refractivity contribution in [2.45, 2.75) is 0 Å². The van der Waals surface area contributed by atoms with Crippen LogP contribution in [-0.2, 0) is 0 Å². The third-order valence-electron chi connectivity index (χ3n) is 7.73. The topological polar surface area (TPSA) is 41.9 Å². The molecule has 0 aliphatic carbocycles. The van der Waals surface area contributed by atoms with E-state index in [9.17, 15) is 0 Å². The predicted octanol–water partition coefficient (Wildman–Crippen LogP) is 9.48. The molecule has 0 radical (unpaired) electrons. The maximum Gasteiger partial charge on any atom is 0.0802 e. The van der Waals surface area contributed by atoms with Gasteiger partial charge >= 0.3 is 0 Å². The molecule has 41 heavy (non-hydrogen) atoms. The van der Waals surface area contributed by atoms with Gasteiger partial charge in [0, 0.05) is 57.5 Å². The van der Waals surface area contributed by atoms with E-state index in [1.54, 1.807) is 0 Å². The smallest absolute Gasteiger partial charge is 0.0802 e. The number of para-hydroxylation sites is 1. The van der Waals surface area contributed by atoms with E-state index < -0.39 is 0 Å². The summed E-state index contributed by atoms with van der Waals surface area (Å²) in [6.07, 6.45) is 5.67. The Morgan fingerprint density at radius 3 is 2.17 bits per heavy atom. The lowest BCUT2D eigenvalue weighted by Gasteiger charge is -2.28. The quantitative estimate of drug-likeness (QED) is 0.231. The van der Waals surface area contributed by atoms with Gasteiger partial charge in [-0.15, -0.1) is 0 Å². The molecular formula is C37H24N4. The van der Waals surface area contributed by atoms with Crippen LogP contribution < -0.4 is 4.90 Å². The lowest BCUT2D eigenvalue weighted by Crippen LogP contribution is -2.11. The maximum atomic E-state index is 4.88. The van der Waals surface area contributed by atoms with Crippen molar-refractivity contribution in [3.05, 3.63) is 146 Å². The summed E-state index contributed by atoms with van der Waals surface area (Å²) in [5.74, 6) is 0. The van der Waals surface area contributed by atoms with Gasteiger partial charge in [-0.1, -0.05) is 78.9 Å². The number of nitrogens with zero attached hydrogens (tertiary/aromatic N) is 4. The average molecular weight is 525 g/mol. The first-order valence-electron chi connectivity index (χ1n) is 13.7. The van der Waals surface area contributed by atoms with E-state index in [1.807, 2.05) is 48.9 Å². The number of benzene rings is 4. The molecule has 4 heteroatoms. The summed E-state index contributed by atoms with van der Waals surface area (Å²) >= 11 is 0. The number of pyridine rings is 3. The Morgan fingerprint density at radius 2 is 1.24 bits per heavy atom. The molecule has 4 aromatic carbocycles. The van der Waals surface area contributed by atoms with Gasteiger partial charge in [0.25, 0.3) is 0 Å². The van der Waals surface area contributed by atoms with Gasteiger partial charge in [-0.2, -0.15) is 0 Å². The van der Waals surface area contributed by atoms with Crippen LogP contribution in [0.5, 0.6) is 0 Å². The van der Waals surface area contributed by atoms with Crippen LogP contribution >= 0.6 is 0 Å². The molecule has 7 aromatic rings. The van der Waals surface area contributed by atoms with Crippen LogP contribution in [0.2, 0.25) is 0 Å². The van der Waals surface area contributed by atoms with Crippen molar-refractivity contribution in [3.63, 3.8) is 0 Å². The van der Waals surface area contributed by atoms with Crippen LogP contribution in [0.1, 0.15) is 0 Å². The molecule has 0 atom stereocenters. The summed E-state index contributed by atoms with van der Waals surface area (Å²) in [6.45, 7) is 0. The molecule has 0 unspecified atom stereocenters. The molecule has 0 fully saturated rings. The van der Waals surface area contributed by atoms with Gasteiger partial charge in [0.1, 0.15) is 0 Å². The molecule has 8 rings (SSSR count). The lowest BCUT2D eigenvalue weighted by molar-refractivity contribution is 1.27. The molecule has 1 aliphatic rings. The summed E-state index contributed by atoms with van der Waals surface area (Å²) in [4.78, 5) is 16.7. The second-order valence-corrected chi connectivity index (χ2v) is 10.2. The van der Waals surface area contributed by atoms with Crippen molar-refractivity contribution in [3.8, 4) is 44.9 Å². The number of hydrogen-bond acceptors (Lipinski definition) is 4. The maximum absolute atomic E-state index is 4.88. The Bertz CT molecular complexity index is 2070. The highest BCUT2D eigenvalue weighted by Crippen LogP contribution is 2.51. The number of rotatable bonds is 3. The van der Waals surface area contributed by atoms with Crippen molar-refractivity contribution < 1.29 is 0 Å². The third-order valence-corrected chi connectivity index (χ3v) is 7.73. The molecule has 0 bridgehead atoms. The first-order valence-corrected chi connectivity index (χ1v) is 13.7. The van der Waals surface area contributed by atoms with Crippen LogP contribution in [0.25, 0.3) is 55.7 Å². The highest BCUT2D eigenvalue weighted by molar-refractivity contribution is 6.02. The third kappa shape index (κ3) is 3.97. The lowest BCUT2D eigenvalue weighted by atomic mass is 9.97. The Balaban J connectivity index is 1.40. The summed E-state index contributed by atoms with van der Waals surface area (Å²) < 4.78 is 0. The summed E-state index contributed by atoms with van der Waals surface area (Å²) in [7, 11) is 0. The highest BCUT2D eigenvalue weighted by Gasteiger charge is 2.27. The van der Waals surface area contributed by atoms with Gasteiger partial charge < -0.3 is 4.90 Å². The molecule has 4 heterocycles. The summed E-state index contributed by atoms with van der Waals surface area (Å²) in [5, 5.41) is 2.31. The average Bonchev–Trinajstić information content (AvgIpc) is 3.17. The zero-order valence-corrected chi connectivity index (χ0v) is 22.1. The number of anilines is 3. The molecule has 0 saturated carbocycles. The van der Waals surface area contributed by atoms with E-state index >= 15 is 0 Å². The molecule has 3 aromatic heterocycles. The van der Waals surface area contributed by atoms with Crippen molar-refractivity contribution in [1.82, 2.24) is 15.0 Å². The fraction of sp³-hybridized carbons (Fsp3) is 0. The number of fused-ring (bicyclic) bond motifs is 6. The van der Waals surface area contributed by atoms with Gasteiger partial charge in [0.2, 0.25) is 0 Å². The fourth-order valence-corrected chi connectivity index (χ4v) is 5.80. The Kier molecular flexibility index (Phi) is 5.42. The SMILES string of the molecule is c1ccc(-c2cccc(N3c4cc(-c5cc6ccccc6cn5)ccc4-c4cccnc4-c4ccccc43)c2)nc1. The van der Waals surface area contributed by atoms with Crippen LogP contribution in [0.15, 0.2) is 146 Å². The van der Waals surface area contributed by atoms with Gasteiger partial charge in [-0.3, -0.25) is 15.0 Å². The van der Waals surface area contributed by atoms with Crippen LogP contribution in [-0.4, -0.2) is 15.0 Å². The summed E-state index contributed by atoms with van der Waals surface area (Å²) in [5.41, 5.74) is 11.5. The van der Waals surface area contributed by atoms with Gasteiger partial charge in [-0.05, 0) is 53.9 Å². The number of aromatic nitrogens is 3. The fourth-order valence-electron chi connectivity index (χ4n) is 5.80. The van der Waals surface area contributed by atoms with E-state index in [0.717, 1.165) is 67.3 Å². The Morgan fingerprint density at radius 1 is 0.439 bits per heavy atom. The van der Waals surface area contributed by atoms with E-state index in [0.29, 0.717) is 0 Å². The van der Waals surface area contributed by atoms with Crippen molar-refractivity contribution >= 4 is 27.8 Å². The first-order chi connectivity index (χ1) is 20.3. The zero-order valence-electron chi connectivity index (χ0n) is 22.1. The van der Waals surface area contributed by atoms with E-state index in [2.05, 4.69) is 107 Å². The molecular weight excluding hydrogens is 500 g/mol. The largest absolute Gasteiger partial charge is 0.309 e. The van der Waals surface area contributed by atoms with Gasteiger partial charge in [-0.25, -0.2) is 0 Å². The van der Waals surface area contributed by atoms with Gasteiger partial charge in [0.05, 0.1) is 28.5 Å². The summed E-state index contributed by atoms with van der Waals surface area (Å²) in [6, 6.07) is 44.5. The normalized spacial score (nSPS) is 11.9. The van der Waals surface area contributed by atoms with Crippen LogP contribution in [0.3, 0.4) is 0 Å².